The number of amides is 2. The molecule has 2 aromatic carbocycles. The Kier molecular flexibility index (Phi) is 5.16. The lowest BCUT2D eigenvalue weighted by Crippen LogP contribution is -2.32. The number of rotatable bonds is 6. The number of carbonyl (C=O) groups is 3. The second kappa shape index (κ2) is 7.69. The highest BCUT2D eigenvalue weighted by Gasteiger charge is 2.24. The van der Waals surface area contributed by atoms with E-state index in [4.69, 9.17) is 14.9 Å². The molecule has 0 saturated carbocycles. The first-order valence-electron chi connectivity index (χ1n) is 8.23. The molecule has 0 aliphatic heterocycles. The Morgan fingerprint density at radius 3 is 2.59 bits per heavy atom. The van der Waals surface area contributed by atoms with Gasteiger partial charge in [0.05, 0.1) is 5.56 Å². The highest BCUT2D eigenvalue weighted by Crippen LogP contribution is 2.19. The molecular formula is C19H17N3O5. The van der Waals surface area contributed by atoms with E-state index >= 15 is 0 Å². The third kappa shape index (κ3) is 3.95. The zero-order chi connectivity index (χ0) is 19.4. The number of fused-ring (bicyclic) bond motifs is 1. The monoisotopic (exact) mass is 367 g/mol. The summed E-state index contributed by atoms with van der Waals surface area (Å²) in [6.07, 6.45) is 0.530. The average molecular weight is 367 g/mol. The van der Waals surface area contributed by atoms with Crippen LogP contribution in [0.4, 0.5) is 5.69 Å². The Labute approximate surface area is 154 Å². The maximum absolute atomic E-state index is 12.5. The van der Waals surface area contributed by atoms with Gasteiger partial charge in [-0.2, -0.15) is 0 Å². The average Bonchev–Trinajstić information content (AvgIpc) is 3.15. The van der Waals surface area contributed by atoms with Crippen molar-refractivity contribution >= 4 is 34.6 Å². The van der Waals surface area contributed by atoms with Crippen LogP contribution in [0.3, 0.4) is 0 Å². The number of hydrogen-bond acceptors (Lipinski definition) is 6. The first-order chi connectivity index (χ1) is 13.0. The second-order valence-corrected chi connectivity index (χ2v) is 5.74. The van der Waals surface area contributed by atoms with E-state index in [9.17, 15) is 14.4 Å². The fraction of sp³-hybridized carbons (Fsp3) is 0.158. The van der Waals surface area contributed by atoms with Crippen LogP contribution in [0.15, 0.2) is 53.3 Å². The zero-order valence-corrected chi connectivity index (χ0v) is 14.5. The number of nitrogens with two attached hydrogens (primary N) is 1. The minimum Gasteiger partial charge on any atom is -0.449 e. The Morgan fingerprint density at radius 2 is 1.93 bits per heavy atom. The number of para-hydroxylation sites is 1. The van der Waals surface area contributed by atoms with Crippen LogP contribution in [0.2, 0.25) is 0 Å². The summed E-state index contributed by atoms with van der Waals surface area (Å²) in [4.78, 5) is 40.0. The first kappa shape index (κ1) is 18.1. The lowest BCUT2D eigenvalue weighted by molar-refractivity contribution is -0.124. The molecule has 2 amide bonds. The van der Waals surface area contributed by atoms with Gasteiger partial charge in [-0.1, -0.05) is 13.0 Å². The molecule has 0 radical (unpaired) electrons. The Hall–Kier alpha value is -3.68. The Bertz CT molecular complexity index is 994. The maximum Gasteiger partial charge on any atom is 0.341 e. The van der Waals surface area contributed by atoms with Gasteiger partial charge < -0.3 is 20.2 Å². The molecule has 8 nitrogen and oxygen atoms in total. The summed E-state index contributed by atoms with van der Waals surface area (Å²) < 4.78 is 10.5. The lowest BCUT2D eigenvalue weighted by Gasteiger charge is -2.16. The molecule has 27 heavy (non-hydrogen) atoms. The number of aromatic nitrogens is 1. The van der Waals surface area contributed by atoms with Gasteiger partial charge >= 0.3 is 5.97 Å². The van der Waals surface area contributed by atoms with E-state index in [2.05, 4.69) is 10.3 Å². The van der Waals surface area contributed by atoms with Crippen LogP contribution in [-0.2, 0) is 9.53 Å². The molecule has 1 aromatic heterocycles. The molecule has 1 atom stereocenters. The molecule has 0 aliphatic carbocycles. The minimum absolute atomic E-state index is 0.221. The van der Waals surface area contributed by atoms with E-state index in [1.54, 1.807) is 37.3 Å². The van der Waals surface area contributed by atoms with Crippen LogP contribution in [0.1, 0.15) is 34.1 Å². The normalized spacial score (nSPS) is 11.7. The molecule has 3 aromatic rings. The molecular weight excluding hydrogens is 350 g/mol. The van der Waals surface area contributed by atoms with Crippen molar-refractivity contribution in [2.24, 2.45) is 5.73 Å². The van der Waals surface area contributed by atoms with E-state index < -0.39 is 23.9 Å². The number of ether oxygens (including phenoxy) is 1. The highest BCUT2D eigenvalue weighted by atomic mass is 16.5. The number of nitrogens with one attached hydrogen (secondary N) is 1. The number of hydrogen-bond donors (Lipinski definition) is 2. The van der Waals surface area contributed by atoms with E-state index in [0.29, 0.717) is 22.4 Å². The van der Waals surface area contributed by atoms with Gasteiger partial charge in [-0.05, 0) is 42.8 Å². The molecule has 1 heterocycles. The van der Waals surface area contributed by atoms with E-state index in [0.717, 1.165) is 0 Å². The van der Waals surface area contributed by atoms with Crippen molar-refractivity contribution in [3.8, 4) is 0 Å². The quantitative estimate of drug-likeness (QED) is 0.645. The predicted octanol–water partition coefficient (Wildman–Crippen LogP) is 2.50. The van der Waals surface area contributed by atoms with Crippen molar-refractivity contribution in [3.63, 3.8) is 0 Å². The van der Waals surface area contributed by atoms with Crippen molar-refractivity contribution < 1.29 is 23.5 Å². The van der Waals surface area contributed by atoms with Gasteiger partial charge in [0.15, 0.2) is 18.1 Å². The topological polar surface area (TPSA) is 125 Å². The molecule has 8 heteroatoms. The van der Waals surface area contributed by atoms with Crippen molar-refractivity contribution in [1.29, 1.82) is 0 Å². The van der Waals surface area contributed by atoms with E-state index in [-0.39, 0.29) is 12.0 Å². The summed E-state index contributed by atoms with van der Waals surface area (Å²) >= 11 is 0. The van der Waals surface area contributed by atoms with Gasteiger partial charge in [0.1, 0.15) is 5.52 Å². The van der Waals surface area contributed by atoms with Crippen LogP contribution in [-0.4, -0.2) is 28.9 Å². The highest BCUT2D eigenvalue weighted by molar-refractivity contribution is 6.03. The van der Waals surface area contributed by atoms with Crippen molar-refractivity contribution in [2.75, 3.05) is 5.32 Å². The largest absolute Gasteiger partial charge is 0.449 e. The smallest absolute Gasteiger partial charge is 0.341 e. The molecule has 138 valence electrons. The Balaban J connectivity index is 1.70. The fourth-order valence-corrected chi connectivity index (χ4v) is 2.51. The number of primary amides is 1. The van der Waals surface area contributed by atoms with Crippen molar-refractivity contribution in [1.82, 2.24) is 4.98 Å². The number of carbonyl (C=O) groups excluding carboxylic acids is 3. The standard InChI is InChI=1S/C19H17N3O5/c1-2-14(18(24)22-12-8-6-11(7-9-12)17(20)23)27-19(25)13-4-3-5-15-16(13)21-10-26-15/h3-10,14H,2H2,1H3,(H2,20,23)(H,22,24). The number of anilines is 1. The fourth-order valence-electron chi connectivity index (χ4n) is 2.51. The van der Waals surface area contributed by atoms with Gasteiger partial charge in [0, 0.05) is 11.3 Å². The molecule has 1 unspecified atom stereocenters. The summed E-state index contributed by atoms with van der Waals surface area (Å²) in [7, 11) is 0. The van der Waals surface area contributed by atoms with E-state index in [1.807, 2.05) is 0 Å². The zero-order valence-electron chi connectivity index (χ0n) is 14.5. The van der Waals surface area contributed by atoms with Gasteiger partial charge in [-0.15, -0.1) is 0 Å². The van der Waals surface area contributed by atoms with Crippen LogP contribution in [0.25, 0.3) is 11.1 Å². The number of oxazole rings is 1. The Morgan fingerprint density at radius 1 is 1.19 bits per heavy atom. The summed E-state index contributed by atoms with van der Waals surface area (Å²) in [5.74, 6) is -1.71. The SMILES string of the molecule is CCC(OC(=O)c1cccc2ocnc12)C(=O)Nc1ccc(C(N)=O)cc1. The number of nitrogens with zero attached hydrogens (tertiary/aromatic N) is 1. The van der Waals surface area contributed by atoms with E-state index in [1.165, 1.54) is 18.5 Å². The minimum atomic E-state index is -0.990. The molecule has 0 saturated heterocycles. The summed E-state index contributed by atoms with van der Waals surface area (Å²) in [5.41, 5.74) is 7.01. The summed E-state index contributed by atoms with van der Waals surface area (Å²) in [6.45, 7) is 1.73. The van der Waals surface area contributed by atoms with Crippen LogP contribution in [0, 0.1) is 0 Å². The van der Waals surface area contributed by atoms with Crippen LogP contribution in [0.5, 0.6) is 0 Å². The number of benzene rings is 2. The van der Waals surface area contributed by atoms with Gasteiger partial charge in [-0.3, -0.25) is 9.59 Å². The second-order valence-electron chi connectivity index (χ2n) is 5.74. The molecule has 0 spiro atoms. The van der Waals surface area contributed by atoms with Crippen LogP contribution < -0.4 is 11.1 Å². The summed E-state index contributed by atoms with van der Waals surface area (Å²) in [6, 6.07) is 11.0. The van der Waals surface area contributed by atoms with Crippen LogP contribution >= 0.6 is 0 Å². The number of esters is 1. The van der Waals surface area contributed by atoms with Crippen molar-refractivity contribution in [2.45, 2.75) is 19.4 Å². The predicted molar refractivity (Wildman–Crippen MR) is 97.1 cm³/mol. The molecule has 0 fully saturated rings. The lowest BCUT2D eigenvalue weighted by atomic mass is 10.1. The van der Waals surface area contributed by atoms with Gasteiger partial charge in [0.25, 0.3) is 5.91 Å². The maximum atomic E-state index is 12.5. The third-order valence-electron chi connectivity index (χ3n) is 3.93. The van der Waals surface area contributed by atoms with Gasteiger partial charge in [0.2, 0.25) is 5.91 Å². The van der Waals surface area contributed by atoms with Crippen molar-refractivity contribution in [3.05, 3.63) is 60.0 Å². The summed E-state index contributed by atoms with van der Waals surface area (Å²) in [5, 5.41) is 2.65. The van der Waals surface area contributed by atoms with Gasteiger partial charge in [-0.25, -0.2) is 9.78 Å². The molecule has 3 N–H and O–H groups in total. The molecule has 3 rings (SSSR count). The first-order valence-corrected chi connectivity index (χ1v) is 8.23. The molecule has 0 bridgehead atoms. The third-order valence-corrected chi connectivity index (χ3v) is 3.93. The molecule has 0 aliphatic rings.